The second-order valence-corrected chi connectivity index (χ2v) is 4.05. The fourth-order valence-electron chi connectivity index (χ4n) is 1.68. The van der Waals surface area contributed by atoms with E-state index in [1.165, 1.54) is 12.1 Å². The Morgan fingerprint density at radius 2 is 2.17 bits per heavy atom. The first kappa shape index (κ1) is 12.7. The predicted molar refractivity (Wildman–Crippen MR) is 65.1 cm³/mol. The highest BCUT2D eigenvalue weighted by molar-refractivity contribution is 5.19. The number of imidazole rings is 1. The van der Waals surface area contributed by atoms with Crippen LogP contribution in [0.5, 0.6) is 0 Å². The van der Waals surface area contributed by atoms with Crippen molar-refractivity contribution in [3.8, 4) is 0 Å². The molecule has 1 aromatic heterocycles. The molecule has 0 radical (unpaired) electrons. The smallest absolute Gasteiger partial charge is 0.131 e. The molecule has 1 aromatic carbocycles. The molecular formula is C13H15F2N3. The van der Waals surface area contributed by atoms with Crippen LogP contribution in [0.4, 0.5) is 8.78 Å². The zero-order valence-electron chi connectivity index (χ0n) is 10.2. The maximum atomic E-state index is 13.5. The van der Waals surface area contributed by atoms with E-state index in [0.29, 0.717) is 18.7 Å². The first-order chi connectivity index (χ1) is 8.69. The SMILES string of the molecule is CCNCc1cn(Cc2ccc(F)cc2F)cn1. The summed E-state index contributed by atoms with van der Waals surface area (Å²) < 4.78 is 28.0. The molecule has 0 atom stereocenters. The highest BCUT2D eigenvalue weighted by atomic mass is 19.1. The van der Waals surface area contributed by atoms with Crippen molar-refractivity contribution in [2.24, 2.45) is 0 Å². The van der Waals surface area contributed by atoms with E-state index in [0.717, 1.165) is 18.3 Å². The van der Waals surface area contributed by atoms with E-state index < -0.39 is 11.6 Å². The lowest BCUT2D eigenvalue weighted by Crippen LogP contribution is -2.11. The molecule has 0 bridgehead atoms. The number of nitrogens with one attached hydrogen (secondary N) is 1. The first-order valence-electron chi connectivity index (χ1n) is 5.84. The molecule has 0 aliphatic carbocycles. The van der Waals surface area contributed by atoms with E-state index in [9.17, 15) is 8.78 Å². The van der Waals surface area contributed by atoms with Crippen LogP contribution in [-0.2, 0) is 13.1 Å². The van der Waals surface area contributed by atoms with Gasteiger partial charge in [-0.05, 0) is 12.6 Å². The van der Waals surface area contributed by atoms with E-state index in [1.54, 1.807) is 10.9 Å². The second kappa shape index (κ2) is 5.73. The van der Waals surface area contributed by atoms with Crippen molar-refractivity contribution in [2.75, 3.05) is 6.54 Å². The van der Waals surface area contributed by atoms with Gasteiger partial charge in [0.1, 0.15) is 11.6 Å². The Balaban J connectivity index is 2.06. The lowest BCUT2D eigenvalue weighted by Gasteiger charge is -2.04. The summed E-state index contributed by atoms with van der Waals surface area (Å²) in [7, 11) is 0. The van der Waals surface area contributed by atoms with Crippen LogP contribution in [-0.4, -0.2) is 16.1 Å². The van der Waals surface area contributed by atoms with E-state index in [-0.39, 0.29) is 0 Å². The molecule has 0 aliphatic heterocycles. The third-order valence-electron chi connectivity index (χ3n) is 2.61. The quantitative estimate of drug-likeness (QED) is 0.883. The largest absolute Gasteiger partial charge is 0.333 e. The number of benzene rings is 1. The van der Waals surface area contributed by atoms with Crippen LogP contribution in [0.1, 0.15) is 18.2 Å². The lowest BCUT2D eigenvalue weighted by molar-refractivity contribution is 0.566. The molecule has 0 spiro atoms. The molecule has 1 heterocycles. The highest BCUT2D eigenvalue weighted by Crippen LogP contribution is 2.11. The molecule has 96 valence electrons. The summed E-state index contributed by atoms with van der Waals surface area (Å²) in [5.74, 6) is -1.09. The van der Waals surface area contributed by atoms with Gasteiger partial charge >= 0.3 is 0 Å². The molecule has 5 heteroatoms. The third-order valence-corrected chi connectivity index (χ3v) is 2.61. The minimum absolute atomic E-state index is 0.352. The molecule has 0 saturated carbocycles. The van der Waals surface area contributed by atoms with Crippen molar-refractivity contribution in [1.29, 1.82) is 0 Å². The fraction of sp³-hybridized carbons (Fsp3) is 0.308. The van der Waals surface area contributed by atoms with Crippen LogP contribution in [0.25, 0.3) is 0 Å². The van der Waals surface area contributed by atoms with Gasteiger partial charge in [0.05, 0.1) is 18.6 Å². The minimum atomic E-state index is -0.560. The summed E-state index contributed by atoms with van der Waals surface area (Å²) in [6, 6.07) is 3.61. The van der Waals surface area contributed by atoms with Crippen molar-refractivity contribution >= 4 is 0 Å². The zero-order chi connectivity index (χ0) is 13.0. The molecule has 3 nitrogen and oxygen atoms in total. The van der Waals surface area contributed by atoms with Crippen LogP contribution in [0.15, 0.2) is 30.7 Å². The molecule has 0 amide bonds. The van der Waals surface area contributed by atoms with Crippen molar-refractivity contribution in [3.63, 3.8) is 0 Å². The number of aromatic nitrogens is 2. The Bertz CT molecular complexity index is 523. The van der Waals surface area contributed by atoms with Gasteiger partial charge in [0.2, 0.25) is 0 Å². The van der Waals surface area contributed by atoms with Crippen molar-refractivity contribution in [1.82, 2.24) is 14.9 Å². The van der Waals surface area contributed by atoms with E-state index in [4.69, 9.17) is 0 Å². The minimum Gasteiger partial charge on any atom is -0.333 e. The van der Waals surface area contributed by atoms with E-state index in [1.807, 2.05) is 13.1 Å². The van der Waals surface area contributed by atoms with Gasteiger partial charge in [0, 0.05) is 24.4 Å². The Morgan fingerprint density at radius 1 is 1.33 bits per heavy atom. The summed E-state index contributed by atoms with van der Waals surface area (Å²) in [6.07, 6.45) is 3.50. The summed E-state index contributed by atoms with van der Waals surface area (Å²) in [6.45, 7) is 3.94. The van der Waals surface area contributed by atoms with Gasteiger partial charge in [-0.1, -0.05) is 13.0 Å². The Labute approximate surface area is 104 Å². The summed E-state index contributed by atoms with van der Waals surface area (Å²) in [5.41, 5.74) is 1.35. The van der Waals surface area contributed by atoms with E-state index in [2.05, 4.69) is 10.3 Å². The Morgan fingerprint density at radius 3 is 2.89 bits per heavy atom. The standard InChI is InChI=1S/C13H15F2N3/c1-2-16-6-12-8-18(9-17-12)7-10-3-4-11(14)5-13(10)15/h3-5,8-9,16H,2,6-7H2,1H3. The normalized spacial score (nSPS) is 10.8. The first-order valence-corrected chi connectivity index (χ1v) is 5.84. The van der Waals surface area contributed by atoms with Gasteiger partial charge in [0.15, 0.2) is 0 Å². The maximum absolute atomic E-state index is 13.5. The van der Waals surface area contributed by atoms with Crippen molar-refractivity contribution < 1.29 is 8.78 Å². The fourth-order valence-corrected chi connectivity index (χ4v) is 1.68. The number of halogens is 2. The number of hydrogen-bond acceptors (Lipinski definition) is 2. The third kappa shape index (κ3) is 3.13. The molecule has 0 fully saturated rings. The molecule has 0 aliphatic rings. The molecule has 2 aromatic rings. The van der Waals surface area contributed by atoms with Crippen molar-refractivity contribution in [3.05, 3.63) is 53.6 Å². The molecule has 2 rings (SSSR count). The number of nitrogens with zero attached hydrogens (tertiary/aromatic N) is 2. The van der Waals surface area contributed by atoms with Gasteiger partial charge < -0.3 is 9.88 Å². The second-order valence-electron chi connectivity index (χ2n) is 4.05. The van der Waals surface area contributed by atoms with Gasteiger partial charge in [0.25, 0.3) is 0 Å². The average Bonchev–Trinajstić information content (AvgIpc) is 2.78. The summed E-state index contributed by atoms with van der Waals surface area (Å²) in [4.78, 5) is 4.20. The summed E-state index contributed by atoms with van der Waals surface area (Å²) >= 11 is 0. The molecule has 1 N–H and O–H groups in total. The van der Waals surface area contributed by atoms with Gasteiger partial charge in [-0.15, -0.1) is 0 Å². The maximum Gasteiger partial charge on any atom is 0.131 e. The number of hydrogen-bond donors (Lipinski definition) is 1. The van der Waals surface area contributed by atoms with E-state index >= 15 is 0 Å². The highest BCUT2D eigenvalue weighted by Gasteiger charge is 2.05. The zero-order valence-corrected chi connectivity index (χ0v) is 10.2. The lowest BCUT2D eigenvalue weighted by atomic mass is 10.2. The van der Waals surface area contributed by atoms with Crippen molar-refractivity contribution in [2.45, 2.75) is 20.0 Å². The monoisotopic (exact) mass is 251 g/mol. The van der Waals surface area contributed by atoms with Crippen LogP contribution < -0.4 is 5.32 Å². The topological polar surface area (TPSA) is 29.9 Å². The molecule has 0 saturated heterocycles. The Hall–Kier alpha value is -1.75. The Kier molecular flexibility index (Phi) is 4.04. The van der Waals surface area contributed by atoms with Gasteiger partial charge in [-0.25, -0.2) is 13.8 Å². The number of rotatable bonds is 5. The molecular weight excluding hydrogens is 236 g/mol. The molecule has 0 unspecified atom stereocenters. The van der Waals surface area contributed by atoms with Crippen LogP contribution >= 0.6 is 0 Å². The van der Waals surface area contributed by atoms with Crippen LogP contribution in [0.3, 0.4) is 0 Å². The van der Waals surface area contributed by atoms with Crippen LogP contribution in [0, 0.1) is 11.6 Å². The van der Waals surface area contributed by atoms with Gasteiger partial charge in [-0.3, -0.25) is 0 Å². The average molecular weight is 251 g/mol. The predicted octanol–water partition coefficient (Wildman–Crippen LogP) is 2.32. The molecule has 18 heavy (non-hydrogen) atoms. The van der Waals surface area contributed by atoms with Gasteiger partial charge in [-0.2, -0.15) is 0 Å². The van der Waals surface area contributed by atoms with Crippen LogP contribution in [0.2, 0.25) is 0 Å². The summed E-state index contributed by atoms with van der Waals surface area (Å²) in [5, 5.41) is 3.16.